The summed E-state index contributed by atoms with van der Waals surface area (Å²) < 4.78 is 1.73. The molecule has 0 spiro atoms. The van der Waals surface area contributed by atoms with E-state index in [9.17, 15) is 9.59 Å². The Morgan fingerprint density at radius 2 is 2.05 bits per heavy atom. The Labute approximate surface area is 122 Å². The Morgan fingerprint density at radius 1 is 1.29 bits per heavy atom. The van der Waals surface area contributed by atoms with E-state index < -0.39 is 5.97 Å². The van der Waals surface area contributed by atoms with Gasteiger partial charge in [-0.2, -0.15) is 0 Å². The lowest BCUT2D eigenvalue weighted by Gasteiger charge is -2.21. The maximum atomic E-state index is 12.4. The number of rotatable bonds is 6. The molecule has 0 unspecified atom stereocenters. The number of nitrogens with zero attached hydrogens (tertiary/aromatic N) is 4. The van der Waals surface area contributed by atoms with Crippen molar-refractivity contribution >= 4 is 17.5 Å². The number of hydrogen-bond acceptors (Lipinski definition) is 4. The van der Waals surface area contributed by atoms with Crippen LogP contribution in [0.15, 0.2) is 30.6 Å². The number of carbonyl (C=O) groups excluding carboxylic acids is 1. The van der Waals surface area contributed by atoms with E-state index in [0.29, 0.717) is 18.7 Å². The number of hydrogen-bond donors (Lipinski definition) is 1. The summed E-state index contributed by atoms with van der Waals surface area (Å²) in [6.45, 7) is 0.596. The quantitative estimate of drug-likeness (QED) is 0.834. The molecule has 0 radical (unpaired) electrons. The average molecular weight is 290 g/mol. The van der Waals surface area contributed by atoms with Gasteiger partial charge in [-0.15, -0.1) is 0 Å². The summed E-state index contributed by atoms with van der Waals surface area (Å²) in [5.74, 6) is -1.41. The van der Waals surface area contributed by atoms with E-state index in [1.807, 2.05) is 31.1 Å². The first-order valence-electron chi connectivity index (χ1n) is 6.57. The van der Waals surface area contributed by atoms with E-state index in [4.69, 9.17) is 5.11 Å². The maximum absolute atomic E-state index is 12.4. The molecule has 2 heterocycles. The summed E-state index contributed by atoms with van der Waals surface area (Å²) in [6, 6.07) is 5.46. The maximum Gasteiger partial charge on any atom is 0.323 e. The van der Waals surface area contributed by atoms with Gasteiger partial charge in [-0.05, 0) is 26.2 Å². The number of pyridine rings is 1. The van der Waals surface area contributed by atoms with E-state index >= 15 is 0 Å². The molecule has 0 saturated heterocycles. The van der Waals surface area contributed by atoms with E-state index in [2.05, 4.69) is 4.98 Å². The van der Waals surface area contributed by atoms with Crippen molar-refractivity contribution < 1.29 is 14.7 Å². The second-order valence-electron chi connectivity index (χ2n) is 5.02. The first-order valence-corrected chi connectivity index (χ1v) is 6.57. The third-order valence-electron chi connectivity index (χ3n) is 3.01. The number of likely N-dealkylation sites (N-methyl/N-ethyl adjacent to an activating group) is 1. The number of aliphatic carboxylic acids is 1. The molecule has 0 aliphatic heterocycles. The molecule has 7 heteroatoms. The van der Waals surface area contributed by atoms with Crippen LogP contribution in [-0.4, -0.2) is 69.9 Å². The fraction of sp³-hybridized carbons (Fsp3) is 0.357. The Bertz CT molecular complexity index is 617. The minimum absolute atomic E-state index is 0.251. The van der Waals surface area contributed by atoms with Crippen molar-refractivity contribution in [1.29, 1.82) is 0 Å². The topological polar surface area (TPSA) is 78.2 Å². The van der Waals surface area contributed by atoms with Crippen LogP contribution in [0.25, 0.3) is 5.65 Å². The first kappa shape index (κ1) is 15.0. The number of carboxylic acids is 1. The molecule has 0 atom stereocenters. The largest absolute Gasteiger partial charge is 0.480 e. The Balaban J connectivity index is 2.21. The van der Waals surface area contributed by atoms with Crippen molar-refractivity contribution in [3.05, 3.63) is 36.3 Å². The molecule has 0 saturated carbocycles. The third kappa shape index (κ3) is 3.79. The zero-order valence-corrected chi connectivity index (χ0v) is 12.1. The van der Waals surface area contributed by atoms with Gasteiger partial charge in [0.1, 0.15) is 17.9 Å². The fourth-order valence-electron chi connectivity index (χ4n) is 1.94. The summed E-state index contributed by atoms with van der Waals surface area (Å²) in [5.41, 5.74) is 0.907. The van der Waals surface area contributed by atoms with Crippen LogP contribution >= 0.6 is 0 Å². The van der Waals surface area contributed by atoms with Crippen LogP contribution in [0.4, 0.5) is 0 Å². The molecule has 1 N–H and O–H groups in total. The number of fused-ring (bicyclic) bond motifs is 1. The molecule has 0 bridgehead atoms. The van der Waals surface area contributed by atoms with Crippen LogP contribution in [-0.2, 0) is 4.79 Å². The molecule has 21 heavy (non-hydrogen) atoms. The van der Waals surface area contributed by atoms with Gasteiger partial charge >= 0.3 is 5.97 Å². The minimum Gasteiger partial charge on any atom is -0.480 e. The van der Waals surface area contributed by atoms with Crippen molar-refractivity contribution in [2.75, 3.05) is 33.7 Å². The van der Waals surface area contributed by atoms with Crippen LogP contribution in [0.5, 0.6) is 0 Å². The van der Waals surface area contributed by atoms with Crippen molar-refractivity contribution in [3.8, 4) is 0 Å². The molecule has 0 aliphatic rings. The zero-order valence-electron chi connectivity index (χ0n) is 12.1. The molecule has 0 fully saturated rings. The van der Waals surface area contributed by atoms with Gasteiger partial charge in [0.05, 0.1) is 0 Å². The first-order chi connectivity index (χ1) is 9.97. The van der Waals surface area contributed by atoms with E-state index in [0.717, 1.165) is 0 Å². The van der Waals surface area contributed by atoms with Crippen molar-refractivity contribution in [1.82, 2.24) is 19.2 Å². The van der Waals surface area contributed by atoms with E-state index in [-0.39, 0.29) is 18.1 Å². The van der Waals surface area contributed by atoms with Gasteiger partial charge in [-0.1, -0.05) is 6.07 Å². The summed E-state index contributed by atoms with van der Waals surface area (Å²) in [5, 5.41) is 8.95. The molecule has 1 amide bonds. The molecule has 2 rings (SSSR count). The Hall–Kier alpha value is -2.41. The highest BCUT2D eigenvalue weighted by Gasteiger charge is 2.21. The van der Waals surface area contributed by atoms with Crippen LogP contribution in [0, 0.1) is 0 Å². The van der Waals surface area contributed by atoms with Crippen LogP contribution in [0.2, 0.25) is 0 Å². The second-order valence-corrected chi connectivity index (χ2v) is 5.02. The molecule has 2 aromatic heterocycles. The molecule has 0 aromatic carbocycles. The SMILES string of the molecule is CN(C)CCN(CC(=O)O)C(=O)c1cn2ccccc2n1. The number of carboxylic acid groups (broad SMARTS) is 1. The van der Waals surface area contributed by atoms with Crippen molar-refractivity contribution in [2.45, 2.75) is 0 Å². The smallest absolute Gasteiger partial charge is 0.323 e. The lowest BCUT2D eigenvalue weighted by atomic mass is 10.3. The van der Waals surface area contributed by atoms with E-state index in [1.165, 1.54) is 4.90 Å². The van der Waals surface area contributed by atoms with Gasteiger partial charge in [0.2, 0.25) is 0 Å². The highest BCUT2D eigenvalue weighted by molar-refractivity contribution is 5.94. The normalized spacial score (nSPS) is 11.0. The summed E-state index contributed by atoms with van der Waals surface area (Å²) in [4.78, 5) is 30.8. The molecular formula is C14H18N4O3. The predicted octanol–water partition coefficient (Wildman–Crippen LogP) is 0.423. The van der Waals surface area contributed by atoms with Crippen LogP contribution < -0.4 is 0 Å². The number of amides is 1. The molecular weight excluding hydrogens is 272 g/mol. The molecule has 2 aromatic rings. The van der Waals surface area contributed by atoms with E-state index in [1.54, 1.807) is 22.9 Å². The Kier molecular flexibility index (Phi) is 4.54. The van der Waals surface area contributed by atoms with Gasteiger partial charge < -0.3 is 19.3 Å². The highest BCUT2D eigenvalue weighted by Crippen LogP contribution is 2.07. The summed E-state index contributed by atoms with van der Waals surface area (Å²) in [7, 11) is 3.74. The Morgan fingerprint density at radius 3 is 2.67 bits per heavy atom. The summed E-state index contributed by atoms with van der Waals surface area (Å²) in [6.07, 6.45) is 3.41. The van der Waals surface area contributed by atoms with Gasteiger partial charge in [-0.3, -0.25) is 9.59 Å². The predicted molar refractivity (Wildman–Crippen MR) is 77.3 cm³/mol. The second kappa shape index (κ2) is 6.36. The van der Waals surface area contributed by atoms with Gasteiger partial charge in [-0.25, -0.2) is 4.98 Å². The van der Waals surface area contributed by atoms with Crippen molar-refractivity contribution in [3.63, 3.8) is 0 Å². The lowest BCUT2D eigenvalue weighted by Crippen LogP contribution is -2.40. The highest BCUT2D eigenvalue weighted by atomic mass is 16.4. The fourth-order valence-corrected chi connectivity index (χ4v) is 1.94. The van der Waals surface area contributed by atoms with Crippen molar-refractivity contribution in [2.24, 2.45) is 0 Å². The van der Waals surface area contributed by atoms with Gasteiger partial charge in [0.15, 0.2) is 0 Å². The number of carbonyl (C=O) groups is 2. The summed E-state index contributed by atoms with van der Waals surface area (Å²) >= 11 is 0. The van der Waals surface area contributed by atoms with Crippen LogP contribution in [0.3, 0.4) is 0 Å². The minimum atomic E-state index is -1.04. The average Bonchev–Trinajstić information content (AvgIpc) is 2.86. The monoisotopic (exact) mass is 290 g/mol. The molecule has 7 nitrogen and oxygen atoms in total. The van der Waals surface area contributed by atoms with Crippen LogP contribution in [0.1, 0.15) is 10.5 Å². The standard InChI is InChI=1S/C14H18N4O3/c1-16(2)7-8-18(10-13(19)20)14(21)11-9-17-6-4-3-5-12(17)15-11/h3-6,9H,7-8,10H2,1-2H3,(H,19,20). The lowest BCUT2D eigenvalue weighted by molar-refractivity contribution is -0.137. The zero-order chi connectivity index (χ0) is 15.4. The van der Waals surface area contributed by atoms with Gasteiger partial charge in [0, 0.05) is 25.5 Å². The number of aromatic nitrogens is 2. The van der Waals surface area contributed by atoms with Gasteiger partial charge in [0.25, 0.3) is 5.91 Å². The third-order valence-corrected chi connectivity index (χ3v) is 3.01. The number of imidazole rings is 1. The molecule has 112 valence electrons. The molecule has 0 aliphatic carbocycles.